The molecular formula is C27H36ClF2N7O4. The zero-order chi connectivity index (χ0) is 29.7. The van der Waals surface area contributed by atoms with Crippen LogP contribution in [0.1, 0.15) is 48.3 Å². The lowest BCUT2D eigenvalue weighted by atomic mass is 9.95. The fraction of sp³-hybridized carbons (Fsp3) is 0.556. The number of piperazine rings is 1. The van der Waals surface area contributed by atoms with Crippen molar-refractivity contribution in [1.29, 1.82) is 0 Å². The summed E-state index contributed by atoms with van der Waals surface area (Å²) in [5.74, 6) is -2.65. The molecule has 1 amide bonds. The number of carbonyl (C=O) groups is 2. The maximum atomic E-state index is 14.0. The number of aliphatic hydroxyl groups is 1. The molecule has 41 heavy (non-hydrogen) atoms. The van der Waals surface area contributed by atoms with Gasteiger partial charge in [-0.3, -0.25) is 14.6 Å². The Labute approximate surface area is 242 Å². The molecule has 1 aromatic carbocycles. The number of esters is 1. The molecule has 2 aliphatic rings. The minimum atomic E-state index is -0.999. The van der Waals surface area contributed by atoms with Crippen molar-refractivity contribution in [3.05, 3.63) is 46.2 Å². The number of nitrogen functional groups attached to an aromatic ring is 1. The fourth-order valence-corrected chi connectivity index (χ4v) is 5.96. The van der Waals surface area contributed by atoms with Crippen LogP contribution in [-0.2, 0) is 9.53 Å². The van der Waals surface area contributed by atoms with Gasteiger partial charge >= 0.3 is 5.97 Å². The number of ether oxygens (including phenoxy) is 1. The number of halogens is 3. The van der Waals surface area contributed by atoms with Gasteiger partial charge in [-0.1, -0.05) is 24.6 Å². The SMILES string of the molecule is CC[C@H]1CN(c2nc(N)c(C(=O)NCCO)nc2Cl)CCN1C1CCN([C@H](C(=O)OC)c2ccc(F)c(F)c2)CC1. The smallest absolute Gasteiger partial charge is 0.327 e. The maximum absolute atomic E-state index is 14.0. The van der Waals surface area contributed by atoms with E-state index in [1.165, 1.54) is 13.2 Å². The minimum Gasteiger partial charge on any atom is -0.468 e. The van der Waals surface area contributed by atoms with Crippen LogP contribution in [0.4, 0.5) is 20.4 Å². The number of aromatic nitrogens is 2. The summed E-state index contributed by atoms with van der Waals surface area (Å²) in [6.07, 6.45) is 2.45. The van der Waals surface area contributed by atoms with Crippen molar-refractivity contribution in [2.75, 3.05) is 63.6 Å². The van der Waals surface area contributed by atoms with Gasteiger partial charge in [0.2, 0.25) is 0 Å². The van der Waals surface area contributed by atoms with Gasteiger partial charge in [0.15, 0.2) is 34.1 Å². The van der Waals surface area contributed by atoms with Crippen LogP contribution >= 0.6 is 11.6 Å². The lowest BCUT2D eigenvalue weighted by Crippen LogP contribution is -2.59. The predicted octanol–water partition coefficient (Wildman–Crippen LogP) is 1.99. The number of piperidine rings is 1. The summed E-state index contributed by atoms with van der Waals surface area (Å²) in [5, 5.41) is 11.5. The average molecular weight is 596 g/mol. The number of anilines is 2. The number of nitrogens with one attached hydrogen (secondary N) is 1. The number of benzene rings is 1. The second-order valence-corrected chi connectivity index (χ2v) is 10.5. The largest absolute Gasteiger partial charge is 0.468 e. The lowest BCUT2D eigenvalue weighted by molar-refractivity contribution is -0.148. The van der Waals surface area contributed by atoms with Crippen molar-refractivity contribution in [2.24, 2.45) is 0 Å². The molecule has 2 aliphatic heterocycles. The molecule has 0 saturated carbocycles. The van der Waals surface area contributed by atoms with E-state index in [2.05, 4.69) is 27.1 Å². The lowest BCUT2D eigenvalue weighted by Gasteiger charge is -2.48. The average Bonchev–Trinajstić information content (AvgIpc) is 2.98. The van der Waals surface area contributed by atoms with Gasteiger partial charge in [-0.15, -0.1) is 0 Å². The molecule has 0 aliphatic carbocycles. The number of nitrogens with two attached hydrogens (primary N) is 1. The summed E-state index contributed by atoms with van der Waals surface area (Å²) in [4.78, 5) is 40.0. The van der Waals surface area contributed by atoms with Crippen molar-refractivity contribution >= 4 is 35.1 Å². The minimum absolute atomic E-state index is 0.0381. The highest BCUT2D eigenvalue weighted by molar-refractivity contribution is 6.32. The molecule has 2 aromatic rings. The topological polar surface area (TPSA) is 137 Å². The highest BCUT2D eigenvalue weighted by Gasteiger charge is 2.37. The molecule has 0 spiro atoms. The summed E-state index contributed by atoms with van der Waals surface area (Å²) < 4.78 is 32.5. The van der Waals surface area contributed by atoms with Gasteiger partial charge in [0.25, 0.3) is 5.91 Å². The van der Waals surface area contributed by atoms with Crippen molar-refractivity contribution in [1.82, 2.24) is 25.1 Å². The van der Waals surface area contributed by atoms with Gasteiger partial charge in [0.05, 0.1) is 13.7 Å². The molecule has 2 saturated heterocycles. The number of rotatable bonds is 9. The first-order valence-corrected chi connectivity index (χ1v) is 14.1. The Morgan fingerprint density at radius 3 is 2.56 bits per heavy atom. The van der Waals surface area contributed by atoms with Crippen molar-refractivity contribution in [2.45, 2.75) is 44.3 Å². The van der Waals surface area contributed by atoms with E-state index in [0.717, 1.165) is 37.9 Å². The Balaban J connectivity index is 1.42. The Morgan fingerprint density at radius 1 is 1.20 bits per heavy atom. The Kier molecular flexibility index (Phi) is 10.3. The monoisotopic (exact) mass is 595 g/mol. The van der Waals surface area contributed by atoms with Gasteiger partial charge < -0.3 is 25.8 Å². The normalized spacial score (nSPS) is 19.7. The van der Waals surface area contributed by atoms with Crippen LogP contribution in [0.3, 0.4) is 0 Å². The van der Waals surface area contributed by atoms with Crippen LogP contribution in [0.15, 0.2) is 18.2 Å². The quantitative estimate of drug-likeness (QED) is 0.369. The summed E-state index contributed by atoms with van der Waals surface area (Å²) >= 11 is 6.44. The van der Waals surface area contributed by atoms with Gasteiger partial charge in [-0.2, -0.15) is 0 Å². The van der Waals surface area contributed by atoms with E-state index in [9.17, 15) is 18.4 Å². The number of hydrogen-bond donors (Lipinski definition) is 3. The molecular weight excluding hydrogens is 560 g/mol. The van der Waals surface area contributed by atoms with E-state index in [-0.39, 0.29) is 41.9 Å². The fourth-order valence-electron chi connectivity index (χ4n) is 5.71. The van der Waals surface area contributed by atoms with Crippen LogP contribution in [-0.4, -0.2) is 102 Å². The first-order valence-electron chi connectivity index (χ1n) is 13.7. The molecule has 0 bridgehead atoms. The van der Waals surface area contributed by atoms with Crippen molar-refractivity contribution in [3.63, 3.8) is 0 Å². The maximum Gasteiger partial charge on any atom is 0.327 e. The summed E-state index contributed by atoms with van der Waals surface area (Å²) in [6, 6.07) is 3.16. The zero-order valence-corrected chi connectivity index (χ0v) is 23.9. The van der Waals surface area contributed by atoms with Crippen LogP contribution in [0.25, 0.3) is 0 Å². The molecule has 2 atom stereocenters. The third-order valence-electron chi connectivity index (χ3n) is 7.79. The molecule has 0 radical (unpaired) electrons. The van der Waals surface area contributed by atoms with Gasteiger partial charge in [0.1, 0.15) is 6.04 Å². The standard InChI is InChI=1S/C27H36ClF2N7O4/c1-3-17-15-36(25-23(28)33-21(24(31)34-25)26(39)32-8-13-38)11-12-37(17)18-6-9-35(10-7-18)22(27(40)41-2)16-4-5-19(29)20(30)14-16/h4-5,14,17-18,22,38H,3,6-13,15H2,1-2H3,(H2,31,34)(H,32,39)/t17-,22-/m0/s1. The Morgan fingerprint density at radius 2 is 1.93 bits per heavy atom. The molecule has 224 valence electrons. The number of carbonyl (C=O) groups excluding carboxylic acids is 2. The molecule has 4 N–H and O–H groups in total. The molecule has 4 rings (SSSR count). The highest BCUT2D eigenvalue weighted by atomic mass is 35.5. The molecule has 11 nitrogen and oxygen atoms in total. The number of likely N-dealkylation sites (tertiary alicyclic amines) is 1. The Bertz CT molecular complexity index is 1250. The van der Waals surface area contributed by atoms with E-state index in [1.54, 1.807) is 0 Å². The van der Waals surface area contributed by atoms with Gasteiger partial charge in [0, 0.05) is 51.4 Å². The molecule has 2 fully saturated rings. The van der Waals surface area contributed by atoms with Crippen LogP contribution in [0, 0.1) is 11.6 Å². The zero-order valence-electron chi connectivity index (χ0n) is 23.2. The van der Waals surface area contributed by atoms with Gasteiger partial charge in [-0.05, 0) is 37.0 Å². The van der Waals surface area contributed by atoms with E-state index < -0.39 is 29.6 Å². The predicted molar refractivity (Wildman–Crippen MR) is 150 cm³/mol. The third kappa shape index (κ3) is 6.85. The number of nitrogens with zero attached hydrogens (tertiary/aromatic N) is 5. The number of amides is 1. The summed E-state index contributed by atoms with van der Waals surface area (Å²) in [7, 11) is 1.29. The van der Waals surface area contributed by atoms with Crippen LogP contribution in [0.5, 0.6) is 0 Å². The summed E-state index contributed by atoms with van der Waals surface area (Å²) in [6.45, 7) is 5.15. The Hall–Kier alpha value is -3.13. The van der Waals surface area contributed by atoms with Crippen molar-refractivity contribution in [3.8, 4) is 0 Å². The second-order valence-electron chi connectivity index (χ2n) is 10.2. The van der Waals surface area contributed by atoms with Gasteiger partial charge in [-0.25, -0.2) is 23.5 Å². The van der Waals surface area contributed by atoms with E-state index in [0.29, 0.717) is 37.6 Å². The van der Waals surface area contributed by atoms with E-state index >= 15 is 0 Å². The summed E-state index contributed by atoms with van der Waals surface area (Å²) in [5.41, 5.74) is 6.32. The van der Waals surface area contributed by atoms with Crippen molar-refractivity contribution < 1.29 is 28.2 Å². The molecule has 14 heteroatoms. The third-order valence-corrected chi connectivity index (χ3v) is 8.05. The first kappa shape index (κ1) is 30.8. The number of aliphatic hydroxyl groups excluding tert-OH is 1. The van der Waals surface area contributed by atoms with Crippen LogP contribution < -0.4 is 16.0 Å². The molecule has 1 aromatic heterocycles. The second kappa shape index (κ2) is 13.7. The molecule has 0 unspecified atom stereocenters. The number of hydrogen-bond acceptors (Lipinski definition) is 10. The first-order chi connectivity index (χ1) is 19.7. The highest BCUT2D eigenvalue weighted by Crippen LogP contribution is 2.32. The van der Waals surface area contributed by atoms with E-state index in [4.69, 9.17) is 27.2 Å². The van der Waals surface area contributed by atoms with Crippen LogP contribution in [0.2, 0.25) is 5.15 Å². The number of methoxy groups -OCH3 is 1. The molecule has 3 heterocycles. The van der Waals surface area contributed by atoms with E-state index in [1.807, 2.05) is 9.80 Å².